The molecule has 0 fully saturated rings. The van der Waals surface area contributed by atoms with E-state index in [2.05, 4.69) is 22.4 Å². The maximum absolute atomic E-state index is 13.2. The molecule has 0 radical (unpaired) electrons. The average molecular weight is 435 g/mol. The Balaban J connectivity index is 1.67. The van der Waals surface area contributed by atoms with Crippen LogP contribution in [0.25, 0.3) is 16.6 Å². The van der Waals surface area contributed by atoms with Gasteiger partial charge in [0, 0.05) is 6.54 Å². The van der Waals surface area contributed by atoms with Crippen LogP contribution in [0.2, 0.25) is 0 Å². The van der Waals surface area contributed by atoms with Crippen molar-refractivity contribution >= 4 is 22.7 Å². The van der Waals surface area contributed by atoms with E-state index in [9.17, 15) is 4.79 Å². The highest BCUT2D eigenvalue weighted by Gasteiger charge is 2.20. The van der Waals surface area contributed by atoms with Gasteiger partial charge in [-0.25, -0.2) is 4.98 Å². The molecule has 1 unspecified atom stereocenters. The third-order valence-electron chi connectivity index (χ3n) is 5.20. The second-order valence-corrected chi connectivity index (χ2v) is 8.78. The first kappa shape index (κ1) is 21.2. The molecular weight excluding hydrogens is 408 g/mol. The van der Waals surface area contributed by atoms with Gasteiger partial charge in [0.25, 0.3) is 5.56 Å². The molecule has 160 valence electrons. The highest BCUT2D eigenvalue weighted by molar-refractivity contribution is 7.99. The van der Waals surface area contributed by atoms with Crippen LogP contribution in [0, 0.1) is 0 Å². The van der Waals surface area contributed by atoms with Crippen molar-refractivity contribution in [1.29, 1.82) is 0 Å². The van der Waals surface area contributed by atoms with E-state index < -0.39 is 0 Å². The fourth-order valence-corrected chi connectivity index (χ4v) is 4.56. The number of rotatable bonds is 9. The quantitative estimate of drug-likeness (QED) is 0.214. The van der Waals surface area contributed by atoms with Crippen LogP contribution in [-0.2, 0) is 6.54 Å². The molecule has 0 aliphatic carbocycles. The molecule has 0 amide bonds. The van der Waals surface area contributed by atoms with E-state index >= 15 is 0 Å². The summed E-state index contributed by atoms with van der Waals surface area (Å²) in [5, 5.41) is 13.6. The molecule has 0 spiro atoms. The van der Waals surface area contributed by atoms with Crippen LogP contribution in [0.1, 0.15) is 50.6 Å². The van der Waals surface area contributed by atoms with Gasteiger partial charge in [0.2, 0.25) is 0 Å². The van der Waals surface area contributed by atoms with Crippen molar-refractivity contribution in [3.63, 3.8) is 0 Å². The Morgan fingerprint density at radius 1 is 1.00 bits per heavy atom. The SMILES string of the molecule is CCCCCCn1c(SC(C)c2nnnn2-c2ccccc2)nc2ccccc2c1=O. The second-order valence-electron chi connectivity index (χ2n) is 7.47. The van der Waals surface area contributed by atoms with E-state index in [0.29, 0.717) is 17.1 Å². The number of hydrogen-bond donors (Lipinski definition) is 0. The van der Waals surface area contributed by atoms with Crippen LogP contribution in [0.15, 0.2) is 64.5 Å². The molecule has 4 aromatic rings. The summed E-state index contributed by atoms with van der Waals surface area (Å²) in [6, 6.07) is 17.3. The number of hydrogen-bond acceptors (Lipinski definition) is 6. The number of tetrazole rings is 1. The van der Waals surface area contributed by atoms with Gasteiger partial charge >= 0.3 is 0 Å². The Bertz CT molecular complexity index is 1200. The van der Waals surface area contributed by atoms with Crippen molar-refractivity contribution in [1.82, 2.24) is 29.8 Å². The summed E-state index contributed by atoms with van der Waals surface area (Å²) in [4.78, 5) is 18.1. The molecule has 8 heteroatoms. The molecule has 0 aliphatic rings. The van der Waals surface area contributed by atoms with E-state index in [-0.39, 0.29) is 10.8 Å². The molecule has 0 bridgehead atoms. The first-order valence-corrected chi connectivity index (χ1v) is 11.6. The molecule has 4 rings (SSSR count). The Morgan fingerprint density at radius 2 is 1.77 bits per heavy atom. The summed E-state index contributed by atoms with van der Waals surface area (Å²) >= 11 is 1.52. The zero-order valence-corrected chi connectivity index (χ0v) is 18.6. The molecule has 2 heterocycles. The van der Waals surface area contributed by atoms with Crippen LogP contribution >= 0.6 is 11.8 Å². The number of unbranched alkanes of at least 4 members (excludes halogenated alkanes) is 3. The molecule has 2 aromatic heterocycles. The first-order chi connectivity index (χ1) is 15.2. The minimum Gasteiger partial charge on any atom is -0.287 e. The smallest absolute Gasteiger partial charge is 0.262 e. The van der Waals surface area contributed by atoms with E-state index in [1.165, 1.54) is 18.2 Å². The molecule has 0 N–H and O–H groups in total. The summed E-state index contributed by atoms with van der Waals surface area (Å²) in [5.74, 6) is 0.719. The number of fused-ring (bicyclic) bond motifs is 1. The molecule has 31 heavy (non-hydrogen) atoms. The van der Waals surface area contributed by atoms with Crippen LogP contribution in [0.3, 0.4) is 0 Å². The maximum atomic E-state index is 13.2. The van der Waals surface area contributed by atoms with Gasteiger partial charge < -0.3 is 0 Å². The minimum absolute atomic E-state index is 0.0134. The Kier molecular flexibility index (Phi) is 6.76. The Morgan fingerprint density at radius 3 is 2.58 bits per heavy atom. The molecule has 7 nitrogen and oxygen atoms in total. The van der Waals surface area contributed by atoms with Crippen LogP contribution in [0.4, 0.5) is 0 Å². The van der Waals surface area contributed by atoms with E-state index in [1.54, 1.807) is 4.68 Å². The highest BCUT2D eigenvalue weighted by Crippen LogP contribution is 2.33. The van der Waals surface area contributed by atoms with Gasteiger partial charge in [-0.1, -0.05) is 68.3 Å². The van der Waals surface area contributed by atoms with Crippen molar-refractivity contribution in [3.8, 4) is 5.69 Å². The second kappa shape index (κ2) is 9.87. The Hall–Kier alpha value is -3.00. The lowest BCUT2D eigenvalue weighted by molar-refractivity contribution is 0.530. The number of para-hydroxylation sites is 2. The number of benzene rings is 2. The number of thioether (sulfide) groups is 1. The standard InChI is InChI=1S/C23H26N6OS/c1-3-4-5-11-16-28-22(30)19-14-9-10-15-20(19)24-23(28)31-17(2)21-25-26-27-29(21)18-12-7-6-8-13-18/h6-10,12-15,17H,3-5,11,16H2,1-2H3. The minimum atomic E-state index is -0.0924. The summed E-state index contributed by atoms with van der Waals surface area (Å²) in [5.41, 5.74) is 1.63. The van der Waals surface area contributed by atoms with Gasteiger partial charge in [0.1, 0.15) is 0 Å². The third-order valence-corrected chi connectivity index (χ3v) is 6.29. The van der Waals surface area contributed by atoms with Crippen molar-refractivity contribution in [2.45, 2.75) is 56.5 Å². The van der Waals surface area contributed by atoms with E-state index in [1.807, 2.05) is 66.1 Å². The summed E-state index contributed by atoms with van der Waals surface area (Å²) in [6.45, 7) is 4.89. The van der Waals surface area contributed by atoms with Crippen LogP contribution in [0.5, 0.6) is 0 Å². The Labute approximate surface area is 185 Å². The molecule has 0 saturated heterocycles. The zero-order valence-electron chi connectivity index (χ0n) is 17.8. The molecule has 0 aliphatic heterocycles. The number of nitrogens with zero attached hydrogens (tertiary/aromatic N) is 6. The van der Waals surface area contributed by atoms with Gasteiger partial charge in [-0.15, -0.1) is 5.10 Å². The molecule has 1 atom stereocenters. The fourth-order valence-electron chi connectivity index (χ4n) is 3.54. The fraction of sp³-hybridized carbons (Fsp3) is 0.348. The lowest BCUT2D eigenvalue weighted by Crippen LogP contribution is -2.24. The molecular formula is C23H26N6OS. The van der Waals surface area contributed by atoms with Crippen molar-refractivity contribution in [3.05, 3.63) is 70.8 Å². The van der Waals surface area contributed by atoms with Gasteiger partial charge in [-0.2, -0.15) is 4.68 Å². The normalized spacial score (nSPS) is 12.3. The lowest BCUT2D eigenvalue weighted by atomic mass is 10.2. The van der Waals surface area contributed by atoms with Crippen LogP contribution in [-0.4, -0.2) is 29.8 Å². The highest BCUT2D eigenvalue weighted by atomic mass is 32.2. The summed E-state index contributed by atoms with van der Waals surface area (Å²) in [6.07, 6.45) is 4.38. The lowest BCUT2D eigenvalue weighted by Gasteiger charge is -2.16. The topological polar surface area (TPSA) is 78.5 Å². The van der Waals surface area contributed by atoms with Crippen LogP contribution < -0.4 is 5.56 Å². The van der Waals surface area contributed by atoms with Gasteiger partial charge in [0.15, 0.2) is 11.0 Å². The van der Waals surface area contributed by atoms with E-state index in [4.69, 9.17) is 4.98 Å². The van der Waals surface area contributed by atoms with Crippen molar-refractivity contribution in [2.24, 2.45) is 0 Å². The van der Waals surface area contributed by atoms with Gasteiger partial charge in [-0.05, 0) is 48.0 Å². The number of aromatic nitrogens is 6. The molecule has 0 saturated carbocycles. The van der Waals surface area contributed by atoms with Gasteiger partial charge in [-0.3, -0.25) is 9.36 Å². The predicted octanol–water partition coefficient (Wildman–Crippen LogP) is 4.81. The predicted molar refractivity (Wildman–Crippen MR) is 124 cm³/mol. The largest absolute Gasteiger partial charge is 0.287 e. The third kappa shape index (κ3) is 4.69. The average Bonchev–Trinajstić information content (AvgIpc) is 3.29. The first-order valence-electron chi connectivity index (χ1n) is 10.7. The molecule has 2 aromatic carbocycles. The zero-order chi connectivity index (χ0) is 21.6. The van der Waals surface area contributed by atoms with Crippen molar-refractivity contribution in [2.75, 3.05) is 0 Å². The summed E-state index contributed by atoms with van der Waals surface area (Å²) < 4.78 is 3.55. The maximum Gasteiger partial charge on any atom is 0.262 e. The van der Waals surface area contributed by atoms with E-state index in [0.717, 1.165) is 36.3 Å². The van der Waals surface area contributed by atoms with Gasteiger partial charge in [0.05, 0.1) is 21.8 Å². The summed E-state index contributed by atoms with van der Waals surface area (Å²) in [7, 11) is 0. The van der Waals surface area contributed by atoms with Crippen molar-refractivity contribution < 1.29 is 0 Å². The monoisotopic (exact) mass is 434 g/mol.